The lowest BCUT2D eigenvalue weighted by molar-refractivity contribution is 0.187. The number of methoxy groups -OCH3 is 1. The van der Waals surface area contributed by atoms with E-state index in [0.717, 1.165) is 23.4 Å². The molecule has 1 aromatic heterocycles. The lowest BCUT2D eigenvalue weighted by Crippen LogP contribution is -2.07. The molecule has 86 valence electrons. The Morgan fingerprint density at radius 1 is 1.44 bits per heavy atom. The van der Waals surface area contributed by atoms with E-state index in [-0.39, 0.29) is 0 Å². The van der Waals surface area contributed by atoms with Crippen LogP contribution in [0.5, 0.6) is 0 Å². The number of imidazole rings is 1. The van der Waals surface area contributed by atoms with Crippen LogP contribution >= 0.6 is 11.6 Å². The van der Waals surface area contributed by atoms with Crippen LogP contribution in [-0.4, -0.2) is 23.3 Å². The molecule has 0 spiro atoms. The van der Waals surface area contributed by atoms with Crippen molar-refractivity contribution in [2.24, 2.45) is 0 Å². The van der Waals surface area contributed by atoms with E-state index in [4.69, 9.17) is 16.3 Å². The molecule has 0 saturated carbocycles. The largest absolute Gasteiger partial charge is 0.383 e. The number of alkyl halides is 1. The van der Waals surface area contributed by atoms with Gasteiger partial charge in [-0.1, -0.05) is 6.07 Å². The molecular weight excluding hydrogens is 224 g/mol. The van der Waals surface area contributed by atoms with Gasteiger partial charge in [-0.25, -0.2) is 4.98 Å². The molecule has 0 amide bonds. The topological polar surface area (TPSA) is 27.1 Å². The number of nitrogens with zero attached hydrogens (tertiary/aromatic N) is 2. The third-order valence-electron chi connectivity index (χ3n) is 2.62. The Morgan fingerprint density at radius 2 is 2.25 bits per heavy atom. The van der Waals surface area contributed by atoms with Gasteiger partial charge in [-0.2, -0.15) is 0 Å². The van der Waals surface area contributed by atoms with E-state index >= 15 is 0 Å². The molecule has 0 N–H and O–H groups in total. The molecule has 0 radical (unpaired) electrons. The van der Waals surface area contributed by atoms with Crippen molar-refractivity contribution < 1.29 is 4.74 Å². The summed E-state index contributed by atoms with van der Waals surface area (Å²) in [5.74, 6) is 1.33. The van der Waals surface area contributed by atoms with Crippen LogP contribution < -0.4 is 0 Å². The molecule has 4 heteroatoms. The Balaban J connectivity index is 2.52. The van der Waals surface area contributed by atoms with Crippen molar-refractivity contribution in [3.63, 3.8) is 0 Å². The highest BCUT2D eigenvalue weighted by molar-refractivity contribution is 6.16. The maximum absolute atomic E-state index is 5.90. The zero-order chi connectivity index (χ0) is 11.5. The summed E-state index contributed by atoms with van der Waals surface area (Å²) in [4.78, 5) is 4.50. The smallest absolute Gasteiger partial charge is 0.124 e. The Morgan fingerprint density at radius 3 is 2.94 bits per heavy atom. The fourth-order valence-electron chi connectivity index (χ4n) is 1.82. The van der Waals surface area contributed by atoms with Crippen molar-refractivity contribution in [2.45, 2.75) is 19.3 Å². The molecule has 1 aromatic carbocycles. The zero-order valence-corrected chi connectivity index (χ0v) is 10.3. The van der Waals surface area contributed by atoms with Crippen LogP contribution in [0.15, 0.2) is 18.2 Å². The average molecular weight is 239 g/mol. The summed E-state index contributed by atoms with van der Waals surface area (Å²) in [6.07, 6.45) is 0. The van der Waals surface area contributed by atoms with E-state index in [0.29, 0.717) is 12.5 Å². The van der Waals surface area contributed by atoms with E-state index in [1.54, 1.807) is 7.11 Å². The minimum atomic E-state index is 0.428. The van der Waals surface area contributed by atoms with E-state index in [1.165, 1.54) is 5.56 Å². The Bertz CT molecular complexity index is 493. The normalized spacial score (nSPS) is 11.2. The summed E-state index contributed by atoms with van der Waals surface area (Å²) < 4.78 is 7.23. The highest BCUT2D eigenvalue weighted by Crippen LogP contribution is 2.18. The predicted molar refractivity (Wildman–Crippen MR) is 65.9 cm³/mol. The molecule has 3 nitrogen and oxygen atoms in total. The zero-order valence-electron chi connectivity index (χ0n) is 9.53. The Labute approximate surface area is 100.0 Å². The van der Waals surface area contributed by atoms with Crippen LogP contribution in [0.1, 0.15) is 11.4 Å². The molecule has 0 bridgehead atoms. The maximum atomic E-state index is 5.90. The van der Waals surface area contributed by atoms with Gasteiger partial charge in [-0.05, 0) is 24.6 Å². The summed E-state index contributed by atoms with van der Waals surface area (Å²) in [5.41, 5.74) is 3.36. The van der Waals surface area contributed by atoms with Gasteiger partial charge < -0.3 is 9.30 Å². The molecule has 16 heavy (non-hydrogen) atoms. The molecule has 1 heterocycles. The summed E-state index contributed by atoms with van der Waals surface area (Å²) in [6.45, 7) is 3.54. The molecule has 0 aliphatic heterocycles. The number of aryl methyl sites for hydroxylation is 1. The fourth-order valence-corrected chi connectivity index (χ4v) is 2.02. The second-order valence-electron chi connectivity index (χ2n) is 3.80. The summed E-state index contributed by atoms with van der Waals surface area (Å²) >= 11 is 5.90. The van der Waals surface area contributed by atoms with Crippen molar-refractivity contribution >= 4 is 22.6 Å². The SMILES string of the molecule is COCCn1c(CCl)nc2ccc(C)cc21. The number of benzene rings is 1. The highest BCUT2D eigenvalue weighted by atomic mass is 35.5. The van der Waals surface area contributed by atoms with E-state index in [9.17, 15) is 0 Å². The van der Waals surface area contributed by atoms with Gasteiger partial charge in [-0.15, -0.1) is 11.6 Å². The van der Waals surface area contributed by atoms with Crippen LogP contribution in [0, 0.1) is 6.92 Å². The molecule has 0 aliphatic rings. The van der Waals surface area contributed by atoms with Crippen LogP contribution in [0.3, 0.4) is 0 Å². The second kappa shape index (κ2) is 4.85. The van der Waals surface area contributed by atoms with Gasteiger partial charge in [0.15, 0.2) is 0 Å². The number of aromatic nitrogens is 2. The quantitative estimate of drug-likeness (QED) is 0.766. The molecule has 0 aliphatic carbocycles. The number of hydrogen-bond donors (Lipinski definition) is 0. The minimum absolute atomic E-state index is 0.428. The van der Waals surface area contributed by atoms with Crippen LogP contribution in [0.4, 0.5) is 0 Å². The van der Waals surface area contributed by atoms with Crippen LogP contribution in [0.25, 0.3) is 11.0 Å². The molecule has 0 saturated heterocycles. The highest BCUT2D eigenvalue weighted by Gasteiger charge is 2.09. The predicted octanol–water partition coefficient (Wildman–Crippen LogP) is 2.73. The first kappa shape index (κ1) is 11.4. The first-order valence-corrected chi connectivity index (χ1v) is 5.80. The van der Waals surface area contributed by atoms with Crippen molar-refractivity contribution in [1.82, 2.24) is 9.55 Å². The van der Waals surface area contributed by atoms with Crippen molar-refractivity contribution in [1.29, 1.82) is 0 Å². The van der Waals surface area contributed by atoms with Crippen LogP contribution in [0.2, 0.25) is 0 Å². The lowest BCUT2D eigenvalue weighted by atomic mass is 10.2. The van der Waals surface area contributed by atoms with Gasteiger partial charge in [0, 0.05) is 13.7 Å². The Hall–Kier alpha value is -1.06. The lowest BCUT2D eigenvalue weighted by Gasteiger charge is -2.06. The molecule has 0 unspecified atom stereocenters. The second-order valence-corrected chi connectivity index (χ2v) is 4.07. The van der Waals surface area contributed by atoms with Crippen molar-refractivity contribution in [3.05, 3.63) is 29.6 Å². The summed E-state index contributed by atoms with van der Waals surface area (Å²) in [5, 5.41) is 0. The monoisotopic (exact) mass is 238 g/mol. The molecule has 0 atom stereocenters. The number of hydrogen-bond acceptors (Lipinski definition) is 2. The minimum Gasteiger partial charge on any atom is -0.383 e. The van der Waals surface area contributed by atoms with E-state index in [2.05, 4.69) is 28.6 Å². The van der Waals surface area contributed by atoms with Gasteiger partial charge in [0.1, 0.15) is 5.82 Å². The molecule has 0 fully saturated rings. The standard InChI is InChI=1S/C12H15ClN2O/c1-9-3-4-10-11(7-9)15(5-6-16-2)12(8-13)14-10/h3-4,7H,5-6,8H2,1-2H3. The molecule has 2 rings (SSSR count). The van der Waals surface area contributed by atoms with Gasteiger partial charge in [0.25, 0.3) is 0 Å². The molecule has 2 aromatic rings. The third kappa shape index (κ3) is 2.06. The van der Waals surface area contributed by atoms with Gasteiger partial charge in [0.2, 0.25) is 0 Å². The Kier molecular flexibility index (Phi) is 3.46. The molecular formula is C12H15ClN2O. The maximum Gasteiger partial charge on any atom is 0.124 e. The van der Waals surface area contributed by atoms with Crippen molar-refractivity contribution in [3.8, 4) is 0 Å². The number of halogens is 1. The number of fused-ring (bicyclic) bond motifs is 1. The summed E-state index contributed by atoms with van der Waals surface area (Å²) in [6, 6.07) is 6.23. The summed E-state index contributed by atoms with van der Waals surface area (Å²) in [7, 11) is 1.70. The fraction of sp³-hybridized carbons (Fsp3) is 0.417. The number of rotatable bonds is 4. The van der Waals surface area contributed by atoms with Gasteiger partial charge in [-0.3, -0.25) is 0 Å². The number of ether oxygens (including phenoxy) is 1. The first-order chi connectivity index (χ1) is 7.76. The third-order valence-corrected chi connectivity index (χ3v) is 2.86. The average Bonchev–Trinajstić information content (AvgIpc) is 2.63. The van der Waals surface area contributed by atoms with Gasteiger partial charge in [0.05, 0.1) is 23.5 Å². The van der Waals surface area contributed by atoms with E-state index < -0.39 is 0 Å². The van der Waals surface area contributed by atoms with Gasteiger partial charge >= 0.3 is 0 Å². The van der Waals surface area contributed by atoms with Crippen molar-refractivity contribution in [2.75, 3.05) is 13.7 Å². The first-order valence-electron chi connectivity index (χ1n) is 5.27. The van der Waals surface area contributed by atoms with E-state index in [1.807, 2.05) is 6.07 Å². The van der Waals surface area contributed by atoms with Crippen LogP contribution in [-0.2, 0) is 17.2 Å².